The molecule has 1 aromatic carbocycles. The number of aromatic nitrogens is 3. The number of pyridine rings is 1. The van der Waals surface area contributed by atoms with Gasteiger partial charge in [-0.05, 0) is 24.3 Å². The van der Waals surface area contributed by atoms with Crippen LogP contribution < -0.4 is 5.69 Å². The smallest absolute Gasteiger partial charge is 0.250 e. The highest BCUT2D eigenvalue weighted by Gasteiger charge is 2.08. The van der Waals surface area contributed by atoms with Crippen LogP contribution in [0.1, 0.15) is 5.56 Å². The summed E-state index contributed by atoms with van der Waals surface area (Å²) in [7, 11) is 0. The third-order valence-electron chi connectivity index (χ3n) is 3.24. The van der Waals surface area contributed by atoms with Gasteiger partial charge in [0.25, 0.3) is 0 Å². The highest BCUT2D eigenvalue weighted by Crippen LogP contribution is 2.23. The number of rotatable bonds is 5. The largest absolute Gasteiger partial charge is 0.350 e. The Bertz CT molecular complexity index is 841. The average molecular weight is 338 g/mol. The maximum absolute atomic E-state index is 13.6. The second-order valence-corrected chi connectivity index (χ2v) is 6.20. The summed E-state index contributed by atoms with van der Waals surface area (Å²) in [5.41, 5.74) is 0.950. The fourth-order valence-electron chi connectivity index (χ4n) is 2.11. The van der Waals surface area contributed by atoms with Gasteiger partial charge in [-0.3, -0.25) is 4.40 Å². The van der Waals surface area contributed by atoms with Gasteiger partial charge in [-0.15, -0.1) is 5.10 Å². The fraction of sp³-hybridized carbons (Fsp3) is 0.200. The molecule has 0 radical (unpaired) electrons. The van der Waals surface area contributed by atoms with Gasteiger partial charge in [0.2, 0.25) is 0 Å². The molecule has 2 aromatic heterocycles. The molecule has 0 fully saturated rings. The van der Waals surface area contributed by atoms with Gasteiger partial charge in [-0.1, -0.05) is 23.7 Å². The summed E-state index contributed by atoms with van der Waals surface area (Å²) in [4.78, 5) is 12.1. The van der Waals surface area contributed by atoms with E-state index in [2.05, 4.69) is 5.10 Å². The molecule has 3 rings (SSSR count). The van der Waals surface area contributed by atoms with E-state index in [4.69, 9.17) is 11.6 Å². The maximum atomic E-state index is 13.6. The molecule has 3 aromatic rings. The van der Waals surface area contributed by atoms with Crippen molar-refractivity contribution in [2.75, 3.05) is 5.75 Å². The molecule has 7 heteroatoms. The first-order valence-electron chi connectivity index (χ1n) is 6.71. The Balaban J connectivity index is 1.63. The maximum Gasteiger partial charge on any atom is 0.350 e. The highest BCUT2D eigenvalue weighted by atomic mass is 35.5. The Labute approximate surface area is 135 Å². The van der Waals surface area contributed by atoms with Crippen LogP contribution >= 0.6 is 23.4 Å². The summed E-state index contributed by atoms with van der Waals surface area (Å²) in [5.74, 6) is 0.812. The molecule has 2 heterocycles. The minimum absolute atomic E-state index is 0.167. The zero-order valence-electron chi connectivity index (χ0n) is 11.6. The average Bonchev–Trinajstić information content (AvgIpc) is 2.83. The van der Waals surface area contributed by atoms with Crippen molar-refractivity contribution < 1.29 is 4.39 Å². The van der Waals surface area contributed by atoms with Gasteiger partial charge in [0.05, 0.1) is 6.54 Å². The van der Waals surface area contributed by atoms with Crippen LogP contribution in [0.25, 0.3) is 5.65 Å². The Hall–Kier alpha value is -1.79. The molecule has 0 amide bonds. The minimum Gasteiger partial charge on any atom is -0.250 e. The molecular formula is C15H13ClFN3OS. The summed E-state index contributed by atoms with van der Waals surface area (Å²) < 4.78 is 16.6. The highest BCUT2D eigenvalue weighted by molar-refractivity contribution is 7.98. The van der Waals surface area contributed by atoms with Crippen molar-refractivity contribution >= 4 is 29.0 Å². The predicted molar refractivity (Wildman–Crippen MR) is 87.0 cm³/mol. The van der Waals surface area contributed by atoms with Crippen LogP contribution in [0.4, 0.5) is 4.39 Å². The lowest BCUT2D eigenvalue weighted by Gasteiger charge is -2.05. The number of hydrogen-bond acceptors (Lipinski definition) is 3. The summed E-state index contributed by atoms with van der Waals surface area (Å²) >= 11 is 7.49. The number of hydrogen-bond donors (Lipinski definition) is 0. The van der Waals surface area contributed by atoms with Crippen molar-refractivity contribution in [2.45, 2.75) is 12.3 Å². The van der Waals surface area contributed by atoms with Crippen molar-refractivity contribution in [3.8, 4) is 0 Å². The zero-order valence-corrected chi connectivity index (χ0v) is 13.1. The minimum atomic E-state index is -0.301. The van der Waals surface area contributed by atoms with Gasteiger partial charge in [-0.2, -0.15) is 11.8 Å². The molecule has 0 aliphatic rings. The van der Waals surface area contributed by atoms with Gasteiger partial charge >= 0.3 is 5.69 Å². The summed E-state index contributed by atoms with van der Waals surface area (Å²) in [6, 6.07) is 10.1. The van der Waals surface area contributed by atoms with E-state index in [0.717, 1.165) is 0 Å². The van der Waals surface area contributed by atoms with Crippen molar-refractivity contribution in [3.63, 3.8) is 0 Å². The Morgan fingerprint density at radius 1 is 1.23 bits per heavy atom. The number of fused-ring (bicyclic) bond motifs is 1. The van der Waals surface area contributed by atoms with Crippen molar-refractivity contribution in [2.24, 2.45) is 0 Å². The number of benzene rings is 1. The molecule has 114 valence electrons. The van der Waals surface area contributed by atoms with E-state index in [1.165, 1.54) is 26.9 Å². The van der Waals surface area contributed by atoms with E-state index >= 15 is 0 Å². The third-order valence-corrected chi connectivity index (χ3v) is 4.56. The SMILES string of the molecule is O=c1n(CCSCc2c(F)cccc2Cl)nc2ccccn12. The zero-order chi connectivity index (χ0) is 15.5. The first-order valence-corrected chi connectivity index (χ1v) is 8.25. The van der Waals surface area contributed by atoms with Crippen LogP contribution in [-0.2, 0) is 12.3 Å². The van der Waals surface area contributed by atoms with E-state index < -0.39 is 0 Å². The lowest BCUT2D eigenvalue weighted by molar-refractivity contribution is 0.617. The van der Waals surface area contributed by atoms with Crippen LogP contribution in [0.2, 0.25) is 5.02 Å². The monoisotopic (exact) mass is 337 g/mol. The Morgan fingerprint density at radius 3 is 2.86 bits per heavy atom. The molecule has 0 saturated carbocycles. The molecule has 0 unspecified atom stereocenters. The normalized spacial score (nSPS) is 11.2. The van der Waals surface area contributed by atoms with Crippen molar-refractivity contribution in [1.82, 2.24) is 14.2 Å². The number of nitrogens with zero attached hydrogens (tertiary/aromatic N) is 3. The van der Waals surface area contributed by atoms with Gasteiger partial charge in [0.15, 0.2) is 5.65 Å². The molecule has 0 spiro atoms. The van der Waals surface area contributed by atoms with Crippen LogP contribution in [0.5, 0.6) is 0 Å². The number of aryl methyl sites for hydroxylation is 1. The molecule has 4 nitrogen and oxygen atoms in total. The molecule has 0 saturated heterocycles. The number of halogens is 2. The van der Waals surface area contributed by atoms with Crippen molar-refractivity contribution in [1.29, 1.82) is 0 Å². The number of thioether (sulfide) groups is 1. The van der Waals surface area contributed by atoms with Crippen molar-refractivity contribution in [3.05, 3.63) is 69.5 Å². The van der Waals surface area contributed by atoms with Crippen LogP contribution in [-0.4, -0.2) is 19.9 Å². The first-order chi connectivity index (χ1) is 10.7. The van der Waals surface area contributed by atoms with E-state index in [1.54, 1.807) is 30.5 Å². The Morgan fingerprint density at radius 2 is 2.09 bits per heavy atom. The summed E-state index contributed by atoms with van der Waals surface area (Å²) in [5, 5.41) is 4.67. The molecule has 0 N–H and O–H groups in total. The molecule has 22 heavy (non-hydrogen) atoms. The van der Waals surface area contributed by atoms with Crippen LogP contribution in [0.3, 0.4) is 0 Å². The molecule has 0 aliphatic heterocycles. The molecule has 0 bridgehead atoms. The standard InChI is InChI=1S/C15H13ClFN3OS/c16-12-4-3-5-13(17)11(12)10-22-9-8-20-15(21)19-7-2-1-6-14(19)18-20/h1-7H,8-10H2. The van der Waals surface area contributed by atoms with E-state index in [9.17, 15) is 9.18 Å². The van der Waals surface area contributed by atoms with Gasteiger partial charge in [-0.25, -0.2) is 13.9 Å². The van der Waals surface area contributed by atoms with Crippen LogP contribution in [0.15, 0.2) is 47.4 Å². The first kappa shape index (κ1) is 15.1. The summed E-state index contributed by atoms with van der Waals surface area (Å²) in [6.45, 7) is 0.469. The summed E-state index contributed by atoms with van der Waals surface area (Å²) in [6.07, 6.45) is 1.69. The fourth-order valence-corrected chi connectivity index (χ4v) is 3.36. The molecular weight excluding hydrogens is 325 g/mol. The predicted octanol–water partition coefficient (Wildman–Crippen LogP) is 3.22. The molecule has 0 atom stereocenters. The lowest BCUT2D eigenvalue weighted by Crippen LogP contribution is -2.22. The van der Waals surface area contributed by atoms with Gasteiger partial charge in [0, 0.05) is 28.3 Å². The van der Waals surface area contributed by atoms with E-state index in [-0.39, 0.29) is 11.5 Å². The topological polar surface area (TPSA) is 39.3 Å². The third kappa shape index (κ3) is 3.03. The lowest BCUT2D eigenvalue weighted by atomic mass is 10.2. The Kier molecular flexibility index (Phi) is 4.49. The van der Waals surface area contributed by atoms with E-state index in [1.807, 2.05) is 6.07 Å². The second-order valence-electron chi connectivity index (χ2n) is 4.69. The van der Waals surface area contributed by atoms with Gasteiger partial charge in [0.1, 0.15) is 5.82 Å². The molecule has 0 aliphatic carbocycles. The van der Waals surface area contributed by atoms with Gasteiger partial charge < -0.3 is 0 Å². The second kappa shape index (κ2) is 6.54. The quantitative estimate of drug-likeness (QED) is 0.671. The van der Waals surface area contributed by atoms with E-state index in [0.29, 0.717) is 34.3 Å². The van der Waals surface area contributed by atoms with Crippen LogP contribution in [0, 0.1) is 5.82 Å².